The molecule has 1 aliphatic heterocycles. The van der Waals surface area contributed by atoms with E-state index in [1.54, 1.807) is 23.0 Å². The Morgan fingerprint density at radius 2 is 1.80 bits per heavy atom. The molecule has 2 aliphatic carbocycles. The van der Waals surface area contributed by atoms with Crippen LogP contribution in [0.5, 0.6) is 0 Å². The van der Waals surface area contributed by atoms with Gasteiger partial charge in [0.2, 0.25) is 0 Å². The lowest BCUT2D eigenvalue weighted by Crippen LogP contribution is -2.47. The molecular weight excluding hydrogens is 568 g/mol. The second-order valence-electron chi connectivity index (χ2n) is 12.4. The van der Waals surface area contributed by atoms with Gasteiger partial charge in [0.15, 0.2) is 0 Å². The lowest BCUT2D eigenvalue weighted by atomic mass is 10.00. The highest BCUT2D eigenvalue weighted by Crippen LogP contribution is 2.33. The molecule has 3 aromatic heterocycles. The number of benzene rings is 1. The molecule has 44 heavy (non-hydrogen) atoms. The molecule has 0 radical (unpaired) electrons. The zero-order valence-corrected chi connectivity index (χ0v) is 26.4. The van der Waals surface area contributed by atoms with Crippen molar-refractivity contribution >= 4 is 40.1 Å². The second kappa shape index (κ2) is 12.2. The van der Waals surface area contributed by atoms with Gasteiger partial charge in [-0.05, 0) is 92.5 Å². The molecule has 3 aliphatic rings. The molecule has 4 heterocycles. The molecule has 7 rings (SSSR count). The van der Waals surface area contributed by atoms with E-state index in [2.05, 4.69) is 37.6 Å². The van der Waals surface area contributed by atoms with Crippen molar-refractivity contribution in [1.29, 1.82) is 0 Å². The molecule has 0 unspecified atom stereocenters. The van der Waals surface area contributed by atoms with E-state index in [-0.39, 0.29) is 11.5 Å². The first-order chi connectivity index (χ1) is 21.4. The summed E-state index contributed by atoms with van der Waals surface area (Å²) in [5.74, 6) is 0.567. The van der Waals surface area contributed by atoms with Crippen LogP contribution in [0.15, 0.2) is 59.7 Å². The van der Waals surface area contributed by atoms with Crippen molar-refractivity contribution < 1.29 is 4.79 Å². The minimum absolute atomic E-state index is 0.0644. The van der Waals surface area contributed by atoms with E-state index in [1.807, 2.05) is 49.6 Å². The van der Waals surface area contributed by atoms with Crippen LogP contribution in [0, 0.1) is 6.92 Å². The predicted molar refractivity (Wildman–Crippen MR) is 180 cm³/mol. The fraction of sp³-hybridized carbons (Fsp3) is 0.400. The van der Waals surface area contributed by atoms with Crippen LogP contribution < -0.4 is 21.1 Å². The van der Waals surface area contributed by atoms with Crippen LogP contribution in [0.25, 0.3) is 11.1 Å². The Balaban J connectivity index is 1.07. The fourth-order valence-corrected chi connectivity index (χ4v) is 7.71. The van der Waals surface area contributed by atoms with E-state index < -0.39 is 0 Å². The molecule has 2 N–H and O–H groups in total. The summed E-state index contributed by atoms with van der Waals surface area (Å²) in [6.45, 7) is 6.25. The molecule has 1 amide bonds. The first-order valence-electron chi connectivity index (χ1n) is 15.9. The molecule has 1 saturated heterocycles. The lowest BCUT2D eigenvalue weighted by molar-refractivity contribution is 0.103. The van der Waals surface area contributed by atoms with Crippen LogP contribution in [0.3, 0.4) is 0 Å². The van der Waals surface area contributed by atoms with Crippen molar-refractivity contribution in [2.75, 3.05) is 41.7 Å². The van der Waals surface area contributed by atoms with Gasteiger partial charge in [0.1, 0.15) is 11.5 Å². The van der Waals surface area contributed by atoms with Crippen LogP contribution in [-0.4, -0.2) is 52.6 Å². The van der Waals surface area contributed by atoms with Gasteiger partial charge in [0, 0.05) is 61.6 Å². The smallest absolute Gasteiger partial charge is 0.274 e. The van der Waals surface area contributed by atoms with Crippen LogP contribution >= 0.6 is 11.3 Å². The molecule has 8 nitrogen and oxygen atoms in total. The third-order valence-electron chi connectivity index (χ3n) is 9.30. The third-order valence-corrected chi connectivity index (χ3v) is 10.5. The standard InChI is InChI=1S/C35H40N6O2S/c1-23-28(8-6-9-29(23)38-34(42)32-20-24-7-4-3-5-10-31(24)44-32)25-19-30(35(43)39(2)22-25)37-33-14-13-27(21-36-33)41-17-15-40(16-18-41)26-11-12-26/h6,8-9,13-14,19-22,26H,3-5,7,10-12,15-18H2,1-2H3,(H,36,37)(H,38,42). The average molecular weight is 609 g/mol. The molecule has 2 fully saturated rings. The van der Waals surface area contributed by atoms with Gasteiger partial charge in [-0.15, -0.1) is 11.3 Å². The largest absolute Gasteiger partial charge is 0.368 e. The fourth-order valence-electron chi connectivity index (χ4n) is 6.57. The van der Waals surface area contributed by atoms with Crippen LogP contribution in [0.4, 0.5) is 22.9 Å². The number of anilines is 4. The Morgan fingerprint density at radius 3 is 2.57 bits per heavy atom. The maximum absolute atomic E-state index is 13.3. The summed E-state index contributed by atoms with van der Waals surface area (Å²) >= 11 is 1.63. The van der Waals surface area contributed by atoms with E-state index in [4.69, 9.17) is 0 Å². The number of thiophene rings is 1. The quantitative estimate of drug-likeness (QED) is 0.238. The Kier molecular flexibility index (Phi) is 7.99. The van der Waals surface area contributed by atoms with Gasteiger partial charge in [-0.3, -0.25) is 14.5 Å². The number of aromatic nitrogens is 2. The number of hydrogen-bond donors (Lipinski definition) is 2. The topological polar surface area (TPSA) is 82.5 Å². The number of aryl methyl sites for hydroxylation is 3. The Bertz CT molecular complexity index is 1710. The SMILES string of the molecule is Cc1c(NC(=O)c2cc3c(s2)CCCCC3)cccc1-c1cc(Nc2ccc(N3CCN(C4CC4)CC3)cn2)c(=O)n(C)c1. The van der Waals surface area contributed by atoms with E-state index in [9.17, 15) is 9.59 Å². The molecule has 0 atom stereocenters. The number of hydrogen-bond acceptors (Lipinski definition) is 7. The number of amides is 1. The maximum Gasteiger partial charge on any atom is 0.274 e. The van der Waals surface area contributed by atoms with Gasteiger partial charge >= 0.3 is 0 Å². The van der Waals surface area contributed by atoms with Crippen molar-refractivity contribution in [3.8, 4) is 11.1 Å². The highest BCUT2D eigenvalue weighted by Gasteiger charge is 2.31. The number of carbonyl (C=O) groups is 1. The molecule has 0 spiro atoms. The molecule has 1 saturated carbocycles. The Morgan fingerprint density at radius 1 is 0.977 bits per heavy atom. The van der Waals surface area contributed by atoms with Crippen LogP contribution in [-0.2, 0) is 19.9 Å². The van der Waals surface area contributed by atoms with Gasteiger partial charge in [0.05, 0.1) is 16.8 Å². The number of nitrogens with one attached hydrogen (secondary N) is 2. The number of piperazine rings is 1. The number of fused-ring (bicyclic) bond motifs is 1. The summed E-state index contributed by atoms with van der Waals surface area (Å²) < 4.78 is 1.59. The van der Waals surface area contributed by atoms with Crippen molar-refractivity contribution in [1.82, 2.24) is 14.5 Å². The van der Waals surface area contributed by atoms with Crippen molar-refractivity contribution in [2.45, 2.75) is 57.9 Å². The van der Waals surface area contributed by atoms with E-state index in [0.29, 0.717) is 11.5 Å². The highest BCUT2D eigenvalue weighted by molar-refractivity contribution is 7.14. The number of carbonyl (C=O) groups excluding carboxylic acids is 1. The molecule has 1 aromatic carbocycles. The molecule has 228 valence electrons. The van der Waals surface area contributed by atoms with Crippen molar-refractivity contribution in [2.24, 2.45) is 7.05 Å². The average Bonchev–Trinajstić information content (AvgIpc) is 3.85. The summed E-state index contributed by atoms with van der Waals surface area (Å²) in [4.78, 5) is 38.2. The second-order valence-corrected chi connectivity index (χ2v) is 13.5. The van der Waals surface area contributed by atoms with Gasteiger partial charge in [0.25, 0.3) is 11.5 Å². The minimum atomic E-state index is -0.129. The zero-order chi connectivity index (χ0) is 30.2. The summed E-state index contributed by atoms with van der Waals surface area (Å²) in [7, 11) is 1.76. The van der Waals surface area contributed by atoms with Gasteiger partial charge in [-0.1, -0.05) is 18.6 Å². The Labute approximate surface area is 262 Å². The first kappa shape index (κ1) is 28.8. The monoisotopic (exact) mass is 608 g/mol. The summed E-state index contributed by atoms with van der Waals surface area (Å²) in [5, 5.41) is 6.42. The highest BCUT2D eigenvalue weighted by atomic mass is 32.1. The molecular formula is C35H40N6O2S. The normalized spacial score (nSPS) is 17.2. The predicted octanol–water partition coefficient (Wildman–Crippen LogP) is 6.37. The summed E-state index contributed by atoms with van der Waals surface area (Å²) in [5.41, 5.74) is 6.34. The Hall–Kier alpha value is -3.95. The van der Waals surface area contributed by atoms with Crippen LogP contribution in [0.2, 0.25) is 0 Å². The number of pyridine rings is 2. The van der Waals surface area contributed by atoms with E-state index in [0.717, 1.165) is 78.0 Å². The minimum Gasteiger partial charge on any atom is -0.368 e. The third kappa shape index (κ3) is 6.03. The molecule has 9 heteroatoms. The van der Waals surface area contributed by atoms with Gasteiger partial charge in [-0.25, -0.2) is 4.98 Å². The van der Waals surface area contributed by atoms with Gasteiger partial charge < -0.3 is 20.1 Å². The molecule has 0 bridgehead atoms. The summed E-state index contributed by atoms with van der Waals surface area (Å²) in [6, 6.07) is 14.7. The van der Waals surface area contributed by atoms with E-state index in [1.165, 1.54) is 42.5 Å². The van der Waals surface area contributed by atoms with Gasteiger partial charge in [-0.2, -0.15) is 0 Å². The lowest BCUT2D eigenvalue weighted by Gasteiger charge is -2.36. The van der Waals surface area contributed by atoms with Crippen molar-refractivity contribution in [3.63, 3.8) is 0 Å². The number of rotatable bonds is 7. The van der Waals surface area contributed by atoms with Crippen molar-refractivity contribution in [3.05, 3.63) is 86.1 Å². The van der Waals surface area contributed by atoms with E-state index >= 15 is 0 Å². The summed E-state index contributed by atoms with van der Waals surface area (Å²) in [6.07, 6.45) is 12.2. The molecule has 4 aromatic rings. The number of nitrogens with zero attached hydrogens (tertiary/aromatic N) is 4. The first-order valence-corrected chi connectivity index (χ1v) is 16.7. The van der Waals surface area contributed by atoms with Crippen LogP contribution in [0.1, 0.15) is 57.8 Å². The maximum atomic E-state index is 13.3. The zero-order valence-electron chi connectivity index (χ0n) is 25.6.